The largest absolute Gasteiger partial charge is 0.319 e. The molecule has 1 fully saturated rings. The number of rotatable bonds is 6. The van der Waals surface area contributed by atoms with Gasteiger partial charge in [0.2, 0.25) is 15.9 Å². The molecule has 12 heteroatoms. The van der Waals surface area contributed by atoms with Crippen LogP contribution in [-0.2, 0) is 14.8 Å². The van der Waals surface area contributed by atoms with E-state index in [0.717, 1.165) is 6.07 Å². The maximum atomic E-state index is 12.7. The number of hydrogen-bond donors (Lipinski definition) is 1. The first-order chi connectivity index (χ1) is 14.2. The molecule has 30 heavy (non-hydrogen) atoms. The Labute approximate surface area is 183 Å². The summed E-state index contributed by atoms with van der Waals surface area (Å²) in [5.74, 6) is -0.436. The number of hydrogen-bond acceptors (Lipinski definition) is 6. The van der Waals surface area contributed by atoms with Crippen LogP contribution in [0.3, 0.4) is 0 Å². The van der Waals surface area contributed by atoms with Crippen LogP contribution >= 0.6 is 23.2 Å². The zero-order valence-electron chi connectivity index (χ0n) is 15.6. The Morgan fingerprint density at radius 2 is 1.63 bits per heavy atom. The summed E-state index contributed by atoms with van der Waals surface area (Å²) in [6.45, 7) is 1.12. The zero-order chi connectivity index (χ0) is 21.9. The van der Waals surface area contributed by atoms with Crippen LogP contribution in [0.1, 0.15) is 0 Å². The monoisotopic (exact) mass is 472 g/mol. The summed E-state index contributed by atoms with van der Waals surface area (Å²) < 4.78 is 26.8. The first kappa shape index (κ1) is 22.4. The van der Waals surface area contributed by atoms with E-state index in [1.807, 2.05) is 0 Å². The summed E-state index contributed by atoms with van der Waals surface area (Å²) in [7, 11) is -3.64. The molecular weight excluding hydrogens is 455 g/mol. The van der Waals surface area contributed by atoms with Gasteiger partial charge in [0.1, 0.15) is 5.69 Å². The van der Waals surface area contributed by atoms with Gasteiger partial charge in [-0.2, -0.15) is 4.31 Å². The average Bonchev–Trinajstić information content (AvgIpc) is 2.70. The Hall–Kier alpha value is -2.24. The Bertz CT molecular complexity index is 1050. The molecule has 1 aliphatic rings. The van der Waals surface area contributed by atoms with Gasteiger partial charge in [0, 0.05) is 42.3 Å². The first-order valence-electron chi connectivity index (χ1n) is 8.88. The Balaban J connectivity index is 1.58. The first-order valence-corrected chi connectivity index (χ1v) is 11.1. The standard InChI is InChI=1S/C18H18Cl2N4O5S/c19-13-1-4-15(5-2-13)30(28,29)23-9-7-22(8-10-23)12-18(25)21-16-6-3-14(20)11-17(16)24(26)27/h1-6,11H,7-10,12H2,(H,21,25). The van der Waals surface area contributed by atoms with Gasteiger partial charge in [-0.3, -0.25) is 19.8 Å². The molecule has 0 saturated carbocycles. The highest BCUT2D eigenvalue weighted by molar-refractivity contribution is 7.89. The summed E-state index contributed by atoms with van der Waals surface area (Å²) in [4.78, 5) is 24.8. The molecule has 1 N–H and O–H groups in total. The van der Waals surface area contributed by atoms with Gasteiger partial charge in [-0.1, -0.05) is 23.2 Å². The van der Waals surface area contributed by atoms with Crippen molar-refractivity contribution in [1.29, 1.82) is 0 Å². The molecule has 0 aromatic heterocycles. The fraction of sp³-hybridized carbons (Fsp3) is 0.278. The van der Waals surface area contributed by atoms with Crippen molar-refractivity contribution in [3.8, 4) is 0 Å². The van der Waals surface area contributed by atoms with Crippen LogP contribution in [-0.4, -0.2) is 61.2 Å². The number of halogens is 2. The van der Waals surface area contributed by atoms with Crippen molar-refractivity contribution in [3.05, 3.63) is 62.6 Å². The molecule has 2 aromatic rings. The molecule has 1 aliphatic heterocycles. The second-order valence-electron chi connectivity index (χ2n) is 6.60. The molecule has 0 atom stereocenters. The number of piperazine rings is 1. The number of nitro groups is 1. The van der Waals surface area contributed by atoms with Crippen LogP contribution in [0.15, 0.2) is 47.4 Å². The number of anilines is 1. The van der Waals surface area contributed by atoms with E-state index in [-0.39, 0.29) is 40.9 Å². The van der Waals surface area contributed by atoms with Crippen molar-refractivity contribution in [1.82, 2.24) is 9.21 Å². The molecule has 1 amide bonds. The molecule has 9 nitrogen and oxygen atoms in total. The van der Waals surface area contributed by atoms with Crippen LogP contribution in [0.5, 0.6) is 0 Å². The van der Waals surface area contributed by atoms with Crippen molar-refractivity contribution in [2.45, 2.75) is 4.90 Å². The second-order valence-corrected chi connectivity index (χ2v) is 9.41. The second kappa shape index (κ2) is 9.27. The molecule has 0 aliphatic carbocycles. The smallest absolute Gasteiger partial charge is 0.294 e. The highest BCUT2D eigenvalue weighted by Crippen LogP contribution is 2.27. The van der Waals surface area contributed by atoms with Crippen LogP contribution in [0, 0.1) is 10.1 Å². The third-order valence-electron chi connectivity index (χ3n) is 4.58. The molecule has 1 heterocycles. The van der Waals surface area contributed by atoms with E-state index in [1.165, 1.54) is 40.7 Å². The molecule has 2 aromatic carbocycles. The van der Waals surface area contributed by atoms with Crippen LogP contribution in [0.2, 0.25) is 10.0 Å². The highest BCUT2D eigenvalue weighted by atomic mass is 35.5. The summed E-state index contributed by atoms with van der Waals surface area (Å²) in [6, 6.07) is 9.93. The van der Waals surface area contributed by atoms with Crippen molar-refractivity contribution in [2.24, 2.45) is 0 Å². The lowest BCUT2D eigenvalue weighted by molar-refractivity contribution is -0.383. The van der Waals surface area contributed by atoms with Crippen LogP contribution in [0.4, 0.5) is 11.4 Å². The van der Waals surface area contributed by atoms with Gasteiger partial charge in [0.25, 0.3) is 5.69 Å². The van der Waals surface area contributed by atoms with Gasteiger partial charge in [0.05, 0.1) is 16.4 Å². The van der Waals surface area contributed by atoms with E-state index in [2.05, 4.69) is 5.32 Å². The lowest BCUT2D eigenvalue weighted by Crippen LogP contribution is -2.50. The fourth-order valence-electron chi connectivity index (χ4n) is 3.04. The third kappa shape index (κ3) is 5.27. The van der Waals surface area contributed by atoms with Crippen molar-refractivity contribution in [3.63, 3.8) is 0 Å². The van der Waals surface area contributed by atoms with Crippen LogP contribution in [0.25, 0.3) is 0 Å². The molecule has 0 spiro atoms. The molecule has 0 radical (unpaired) electrons. The average molecular weight is 473 g/mol. The number of carbonyl (C=O) groups is 1. The number of nitrogens with one attached hydrogen (secondary N) is 1. The van der Waals surface area contributed by atoms with Gasteiger partial charge >= 0.3 is 0 Å². The SMILES string of the molecule is O=C(CN1CCN(S(=O)(=O)c2ccc(Cl)cc2)CC1)Nc1ccc(Cl)cc1[N+](=O)[O-]. The minimum Gasteiger partial charge on any atom is -0.319 e. The van der Waals surface area contributed by atoms with Crippen molar-refractivity contribution >= 4 is 50.5 Å². The summed E-state index contributed by atoms with van der Waals surface area (Å²) >= 11 is 11.6. The molecule has 0 bridgehead atoms. The normalized spacial score (nSPS) is 15.7. The third-order valence-corrected chi connectivity index (χ3v) is 6.98. The number of sulfonamides is 1. The van der Waals surface area contributed by atoms with Gasteiger partial charge in [-0.05, 0) is 36.4 Å². The zero-order valence-corrected chi connectivity index (χ0v) is 18.0. The number of nitro benzene ring substituents is 1. The number of benzene rings is 2. The predicted octanol–water partition coefficient (Wildman–Crippen LogP) is 2.85. The quantitative estimate of drug-likeness (QED) is 0.510. The molecule has 160 valence electrons. The number of carbonyl (C=O) groups excluding carboxylic acids is 1. The van der Waals surface area contributed by atoms with Gasteiger partial charge in [-0.25, -0.2) is 8.42 Å². The maximum Gasteiger partial charge on any atom is 0.294 e. The lowest BCUT2D eigenvalue weighted by atomic mass is 10.2. The summed E-state index contributed by atoms with van der Waals surface area (Å²) in [5.41, 5.74) is -0.243. The van der Waals surface area contributed by atoms with E-state index in [0.29, 0.717) is 18.1 Å². The summed E-state index contributed by atoms with van der Waals surface area (Å²) in [5, 5.41) is 14.3. The van der Waals surface area contributed by atoms with E-state index < -0.39 is 20.9 Å². The maximum absolute atomic E-state index is 12.7. The van der Waals surface area contributed by atoms with Crippen molar-refractivity contribution < 1.29 is 18.1 Å². The molecule has 3 rings (SSSR count). The molecular formula is C18H18Cl2N4O5S. The predicted molar refractivity (Wildman–Crippen MR) is 113 cm³/mol. The Kier molecular flexibility index (Phi) is 6.94. The Morgan fingerprint density at radius 1 is 1.03 bits per heavy atom. The van der Waals surface area contributed by atoms with Crippen molar-refractivity contribution in [2.75, 3.05) is 38.0 Å². The Morgan fingerprint density at radius 3 is 2.23 bits per heavy atom. The minimum absolute atomic E-state index is 0.0192. The van der Waals surface area contributed by atoms with Gasteiger partial charge in [0.15, 0.2) is 0 Å². The lowest BCUT2D eigenvalue weighted by Gasteiger charge is -2.33. The highest BCUT2D eigenvalue weighted by Gasteiger charge is 2.29. The summed E-state index contributed by atoms with van der Waals surface area (Å²) in [6.07, 6.45) is 0. The topological polar surface area (TPSA) is 113 Å². The fourth-order valence-corrected chi connectivity index (χ4v) is 4.75. The van der Waals surface area contributed by atoms with E-state index in [9.17, 15) is 23.3 Å². The number of nitrogens with zero attached hydrogens (tertiary/aromatic N) is 3. The van der Waals surface area contributed by atoms with Crippen LogP contribution < -0.4 is 5.32 Å². The van der Waals surface area contributed by atoms with E-state index >= 15 is 0 Å². The minimum atomic E-state index is -3.64. The molecule has 1 saturated heterocycles. The van der Waals surface area contributed by atoms with Gasteiger partial charge < -0.3 is 5.32 Å². The van der Waals surface area contributed by atoms with E-state index in [4.69, 9.17) is 23.2 Å². The van der Waals surface area contributed by atoms with E-state index in [1.54, 1.807) is 4.90 Å². The van der Waals surface area contributed by atoms with Gasteiger partial charge in [-0.15, -0.1) is 0 Å². The molecule has 0 unspecified atom stereocenters. The number of amides is 1.